The number of hydrogen-bond donors (Lipinski definition) is 2. The monoisotopic (exact) mass is 472 g/mol. The summed E-state index contributed by atoms with van der Waals surface area (Å²) < 4.78 is 16.7. The van der Waals surface area contributed by atoms with Gasteiger partial charge in [-0.2, -0.15) is 0 Å². The van der Waals surface area contributed by atoms with E-state index in [0.717, 1.165) is 12.8 Å². The van der Waals surface area contributed by atoms with Crippen molar-refractivity contribution in [1.82, 2.24) is 4.98 Å². The van der Waals surface area contributed by atoms with E-state index < -0.39 is 5.56 Å². The number of rotatable bonds is 9. The molecule has 0 saturated carbocycles. The van der Waals surface area contributed by atoms with Crippen molar-refractivity contribution >= 4 is 11.7 Å². The molecule has 0 aliphatic heterocycles. The highest BCUT2D eigenvalue weighted by Crippen LogP contribution is 2.44. The lowest BCUT2D eigenvalue weighted by Crippen LogP contribution is -2.23. The van der Waals surface area contributed by atoms with Crippen molar-refractivity contribution in [1.29, 1.82) is 0 Å². The van der Waals surface area contributed by atoms with Crippen molar-refractivity contribution in [2.75, 3.05) is 21.3 Å². The van der Waals surface area contributed by atoms with Crippen LogP contribution in [-0.4, -0.2) is 43.0 Å². The zero-order valence-corrected chi connectivity index (χ0v) is 21.2. The first kappa shape index (κ1) is 28.5. The Balaban J connectivity index is 0.00000133. The highest BCUT2D eigenvalue weighted by Gasteiger charge is 2.27. The zero-order valence-electron chi connectivity index (χ0n) is 21.2. The second-order valence-corrected chi connectivity index (χ2v) is 7.60. The van der Waals surface area contributed by atoms with E-state index in [4.69, 9.17) is 14.2 Å². The van der Waals surface area contributed by atoms with E-state index in [2.05, 4.69) is 23.5 Å². The molecule has 0 aliphatic rings. The van der Waals surface area contributed by atoms with Gasteiger partial charge in [-0.05, 0) is 38.8 Å². The molecular formula is C26H36N2O6. The Morgan fingerprint density at radius 2 is 1.68 bits per heavy atom. The number of unbranched alkanes of at least 4 members (excludes halogenated alkanes) is 1. The SMILES string of the molecule is C=C(CC)OC(=NC)c1c(O)c(-c2c(OC)cccc2OC)c(CCCC)[nH]c1=O.CC(C)=O. The third-order valence-electron chi connectivity index (χ3n) is 4.78. The molecule has 0 radical (unpaired) electrons. The number of Topliss-reactive ketones (excluding diaryl/α,β-unsaturated/α-hetero) is 1. The highest BCUT2D eigenvalue weighted by molar-refractivity contribution is 6.00. The molecule has 186 valence electrons. The number of allylic oxidation sites excluding steroid dienone is 1. The predicted molar refractivity (Wildman–Crippen MR) is 135 cm³/mol. The summed E-state index contributed by atoms with van der Waals surface area (Å²) in [6.45, 7) is 10.8. The van der Waals surface area contributed by atoms with Gasteiger partial charge in [0, 0.05) is 19.2 Å². The number of carbonyl (C=O) groups is 1. The highest BCUT2D eigenvalue weighted by atomic mass is 16.5. The average Bonchev–Trinajstić information content (AvgIpc) is 2.80. The molecule has 0 spiro atoms. The first-order chi connectivity index (χ1) is 16.2. The van der Waals surface area contributed by atoms with Gasteiger partial charge in [0.15, 0.2) is 0 Å². The lowest BCUT2D eigenvalue weighted by molar-refractivity contribution is -0.114. The minimum atomic E-state index is -0.485. The number of pyridine rings is 1. The number of carbonyl (C=O) groups excluding carboxylic acids is 1. The third-order valence-corrected chi connectivity index (χ3v) is 4.78. The number of aromatic amines is 1. The van der Waals surface area contributed by atoms with E-state index >= 15 is 0 Å². The molecule has 8 heteroatoms. The summed E-state index contributed by atoms with van der Waals surface area (Å²) >= 11 is 0. The van der Waals surface area contributed by atoms with Gasteiger partial charge in [0.25, 0.3) is 5.56 Å². The number of ketones is 1. The number of aliphatic imine (C=N–C) groups is 1. The van der Waals surface area contributed by atoms with Crippen molar-refractivity contribution in [2.24, 2.45) is 4.99 Å². The number of nitrogens with zero attached hydrogens (tertiary/aromatic N) is 1. The Kier molecular flexibility index (Phi) is 11.6. The van der Waals surface area contributed by atoms with E-state index in [1.165, 1.54) is 20.9 Å². The third kappa shape index (κ3) is 7.23. The molecule has 2 N–H and O–H groups in total. The Morgan fingerprint density at radius 1 is 1.12 bits per heavy atom. The van der Waals surface area contributed by atoms with Gasteiger partial charge in [0.1, 0.15) is 28.6 Å². The van der Waals surface area contributed by atoms with Crippen LogP contribution >= 0.6 is 0 Å². The summed E-state index contributed by atoms with van der Waals surface area (Å²) in [5.74, 6) is 1.37. The largest absolute Gasteiger partial charge is 0.506 e. The number of aromatic hydroxyl groups is 1. The van der Waals surface area contributed by atoms with Crippen LogP contribution in [0.3, 0.4) is 0 Å². The molecule has 0 amide bonds. The predicted octanol–water partition coefficient (Wildman–Crippen LogP) is 5.02. The fourth-order valence-electron chi connectivity index (χ4n) is 3.16. The van der Waals surface area contributed by atoms with E-state index in [1.807, 2.05) is 6.92 Å². The number of hydrogen-bond acceptors (Lipinski definition) is 7. The van der Waals surface area contributed by atoms with Crippen LogP contribution in [0.4, 0.5) is 0 Å². The van der Waals surface area contributed by atoms with Crippen molar-refractivity contribution in [2.45, 2.75) is 53.4 Å². The van der Waals surface area contributed by atoms with Crippen molar-refractivity contribution in [3.8, 4) is 28.4 Å². The van der Waals surface area contributed by atoms with E-state index in [0.29, 0.717) is 46.9 Å². The smallest absolute Gasteiger partial charge is 0.264 e. The van der Waals surface area contributed by atoms with Crippen LogP contribution in [0, 0.1) is 0 Å². The van der Waals surface area contributed by atoms with E-state index in [-0.39, 0.29) is 23.0 Å². The van der Waals surface area contributed by atoms with E-state index in [1.54, 1.807) is 32.4 Å². The summed E-state index contributed by atoms with van der Waals surface area (Å²) in [6, 6.07) is 5.34. The summed E-state index contributed by atoms with van der Waals surface area (Å²) in [7, 11) is 4.58. The number of aromatic nitrogens is 1. The Labute approximate surface area is 201 Å². The van der Waals surface area contributed by atoms with Crippen LogP contribution in [-0.2, 0) is 16.0 Å². The van der Waals surface area contributed by atoms with Gasteiger partial charge in [0.05, 0.1) is 31.1 Å². The topological polar surface area (TPSA) is 110 Å². The maximum absolute atomic E-state index is 12.9. The first-order valence-electron chi connectivity index (χ1n) is 11.2. The first-order valence-corrected chi connectivity index (χ1v) is 11.2. The van der Waals surface area contributed by atoms with E-state index in [9.17, 15) is 14.7 Å². The normalized spacial score (nSPS) is 10.7. The molecule has 1 heterocycles. The molecule has 0 atom stereocenters. The minimum Gasteiger partial charge on any atom is -0.506 e. The minimum absolute atomic E-state index is 0.00208. The van der Waals surface area contributed by atoms with Crippen LogP contribution < -0.4 is 15.0 Å². The molecule has 34 heavy (non-hydrogen) atoms. The van der Waals surface area contributed by atoms with Crippen LogP contribution in [0.15, 0.2) is 40.3 Å². The van der Waals surface area contributed by atoms with Crippen LogP contribution in [0.2, 0.25) is 0 Å². The Morgan fingerprint density at radius 3 is 2.12 bits per heavy atom. The summed E-state index contributed by atoms with van der Waals surface area (Å²) in [4.78, 5) is 29.3. The van der Waals surface area contributed by atoms with Gasteiger partial charge >= 0.3 is 0 Å². The molecule has 8 nitrogen and oxygen atoms in total. The summed E-state index contributed by atoms with van der Waals surface area (Å²) in [6.07, 6.45) is 2.86. The average molecular weight is 473 g/mol. The Hall–Kier alpha value is -3.55. The van der Waals surface area contributed by atoms with Crippen LogP contribution in [0.25, 0.3) is 11.1 Å². The molecule has 0 aliphatic carbocycles. The molecule has 1 aromatic carbocycles. The maximum Gasteiger partial charge on any atom is 0.264 e. The molecule has 0 fully saturated rings. The van der Waals surface area contributed by atoms with Crippen molar-refractivity contribution < 1.29 is 24.1 Å². The van der Waals surface area contributed by atoms with Crippen molar-refractivity contribution in [3.63, 3.8) is 0 Å². The van der Waals surface area contributed by atoms with Crippen LogP contribution in [0.1, 0.15) is 58.2 Å². The molecule has 0 saturated heterocycles. The second-order valence-electron chi connectivity index (χ2n) is 7.60. The number of H-pyrrole nitrogens is 1. The fraction of sp³-hybridized carbons (Fsp3) is 0.423. The number of nitrogens with one attached hydrogen (secondary N) is 1. The molecule has 2 rings (SSSR count). The number of benzene rings is 1. The van der Waals surface area contributed by atoms with Gasteiger partial charge in [-0.25, -0.2) is 0 Å². The lowest BCUT2D eigenvalue weighted by Gasteiger charge is -2.19. The van der Waals surface area contributed by atoms with Crippen LogP contribution in [0.5, 0.6) is 17.2 Å². The van der Waals surface area contributed by atoms with Gasteiger partial charge < -0.3 is 29.1 Å². The molecular weight excluding hydrogens is 436 g/mol. The number of methoxy groups -OCH3 is 2. The molecule has 1 aromatic heterocycles. The Bertz CT molecular complexity index is 1060. The number of aryl methyl sites for hydroxylation is 1. The van der Waals surface area contributed by atoms with Crippen molar-refractivity contribution in [3.05, 3.63) is 52.1 Å². The standard InChI is InChI=1S/C23H30N2O5.C3H6O/c1-7-9-11-15-18(19-16(28-5)12-10-13-17(19)29-6)21(26)20(22(27)25-15)23(24-4)30-14(3)8-2;1-3(2)4/h10,12-13H,3,7-9,11H2,1-2,4-6H3,(H2,25,26,27);1-2H3. The molecule has 0 bridgehead atoms. The molecule has 2 aromatic rings. The number of ether oxygens (including phenoxy) is 3. The fourth-order valence-corrected chi connectivity index (χ4v) is 3.16. The zero-order chi connectivity index (χ0) is 25.8. The van der Waals surface area contributed by atoms with Gasteiger partial charge in [-0.15, -0.1) is 0 Å². The van der Waals surface area contributed by atoms with Gasteiger partial charge in [0.2, 0.25) is 5.90 Å². The van der Waals surface area contributed by atoms with Gasteiger partial charge in [-0.1, -0.05) is 32.9 Å². The van der Waals surface area contributed by atoms with Gasteiger partial charge in [-0.3, -0.25) is 9.79 Å². The maximum atomic E-state index is 12.9. The second kappa shape index (κ2) is 13.9. The summed E-state index contributed by atoms with van der Waals surface area (Å²) in [5.41, 5.74) is 1.03. The molecule has 0 unspecified atom stereocenters. The quantitative estimate of drug-likeness (QED) is 0.301. The summed E-state index contributed by atoms with van der Waals surface area (Å²) in [5, 5.41) is 11.3. The lowest BCUT2D eigenvalue weighted by atomic mass is 9.95.